The number of hydrogen-bond donors (Lipinski definition) is 1. The molecule has 1 aromatic carbocycles. The number of hydrogen-bond acceptors (Lipinski definition) is 3. The fourth-order valence-electron chi connectivity index (χ4n) is 2.39. The Labute approximate surface area is 120 Å². The van der Waals surface area contributed by atoms with Gasteiger partial charge in [-0.2, -0.15) is 0 Å². The van der Waals surface area contributed by atoms with E-state index in [0.717, 1.165) is 31.5 Å². The van der Waals surface area contributed by atoms with Gasteiger partial charge in [0.05, 0.1) is 0 Å². The van der Waals surface area contributed by atoms with Crippen molar-refractivity contribution in [2.75, 3.05) is 25.1 Å². The van der Waals surface area contributed by atoms with E-state index in [1.807, 2.05) is 23.1 Å². The van der Waals surface area contributed by atoms with E-state index in [0.29, 0.717) is 0 Å². The maximum absolute atomic E-state index is 12.4. The van der Waals surface area contributed by atoms with Crippen molar-refractivity contribution in [3.8, 4) is 0 Å². The first-order valence-electron chi connectivity index (χ1n) is 6.40. The molecule has 1 atom stereocenters. The van der Waals surface area contributed by atoms with E-state index < -0.39 is 6.10 Å². The fraction of sp³-hybridized carbons (Fsp3) is 0.500. The first kappa shape index (κ1) is 16.0. The lowest BCUT2D eigenvalue weighted by Gasteiger charge is -2.26. The summed E-state index contributed by atoms with van der Waals surface area (Å²) in [5.41, 5.74) is 7.82. The molecule has 0 saturated carbocycles. The highest BCUT2D eigenvalue weighted by atomic mass is 35.5. The summed E-state index contributed by atoms with van der Waals surface area (Å²) in [6.07, 6.45) is 2.61. The number of para-hydroxylation sites is 1. The predicted octanol–water partition coefficient (Wildman–Crippen LogP) is 1.75. The lowest BCUT2D eigenvalue weighted by molar-refractivity contribution is -0.127. The van der Waals surface area contributed by atoms with Crippen molar-refractivity contribution in [1.29, 1.82) is 0 Å². The van der Waals surface area contributed by atoms with Crippen LogP contribution in [-0.2, 0) is 16.0 Å². The van der Waals surface area contributed by atoms with Gasteiger partial charge in [-0.1, -0.05) is 18.2 Å². The van der Waals surface area contributed by atoms with Crippen LogP contribution in [0.25, 0.3) is 0 Å². The monoisotopic (exact) mass is 284 g/mol. The van der Waals surface area contributed by atoms with Crippen molar-refractivity contribution in [1.82, 2.24) is 0 Å². The largest absolute Gasteiger partial charge is 0.370 e. The Morgan fingerprint density at radius 2 is 2.16 bits per heavy atom. The molecule has 4 nitrogen and oxygen atoms in total. The highest BCUT2D eigenvalue weighted by molar-refractivity contribution is 5.97. The molecule has 0 aliphatic carbocycles. The Morgan fingerprint density at radius 1 is 1.42 bits per heavy atom. The maximum atomic E-state index is 12.4. The number of carbonyl (C=O) groups is 1. The summed E-state index contributed by atoms with van der Waals surface area (Å²) in [4.78, 5) is 14.2. The van der Waals surface area contributed by atoms with Crippen LogP contribution < -0.4 is 10.6 Å². The van der Waals surface area contributed by atoms with Gasteiger partial charge in [0.2, 0.25) is 0 Å². The third-order valence-electron chi connectivity index (χ3n) is 3.40. The van der Waals surface area contributed by atoms with E-state index in [2.05, 4.69) is 6.07 Å². The molecule has 0 spiro atoms. The number of nitrogens with zero attached hydrogens (tertiary/aromatic N) is 1. The lowest BCUT2D eigenvalue weighted by atomic mass is 10.1. The van der Waals surface area contributed by atoms with Crippen LogP contribution in [0.5, 0.6) is 0 Å². The summed E-state index contributed by atoms with van der Waals surface area (Å²) in [5.74, 6) is -0.0330. The molecule has 0 aromatic heterocycles. The molecule has 1 heterocycles. The first-order chi connectivity index (χ1) is 8.77. The van der Waals surface area contributed by atoms with E-state index in [1.165, 1.54) is 12.7 Å². The topological polar surface area (TPSA) is 55.6 Å². The molecule has 0 saturated heterocycles. The van der Waals surface area contributed by atoms with Gasteiger partial charge in [0.25, 0.3) is 5.91 Å². The summed E-state index contributed by atoms with van der Waals surface area (Å²) in [6.45, 7) is 0.962. The van der Waals surface area contributed by atoms with Gasteiger partial charge in [-0.15, -0.1) is 12.4 Å². The molecule has 0 bridgehead atoms. The normalized spacial score (nSPS) is 16.0. The number of halogens is 1. The summed E-state index contributed by atoms with van der Waals surface area (Å²) in [7, 11) is 1.53. The van der Waals surface area contributed by atoms with Crippen molar-refractivity contribution in [3.05, 3.63) is 29.8 Å². The molecule has 106 valence electrons. The number of nitrogens with two attached hydrogens (primary N) is 1. The van der Waals surface area contributed by atoms with Crippen LogP contribution in [0.1, 0.15) is 18.4 Å². The van der Waals surface area contributed by atoms with E-state index >= 15 is 0 Å². The van der Waals surface area contributed by atoms with Crippen molar-refractivity contribution < 1.29 is 9.53 Å². The van der Waals surface area contributed by atoms with Gasteiger partial charge in [-0.3, -0.25) is 4.79 Å². The Morgan fingerprint density at radius 3 is 2.84 bits per heavy atom. The van der Waals surface area contributed by atoms with E-state index in [4.69, 9.17) is 10.5 Å². The van der Waals surface area contributed by atoms with Crippen LogP contribution in [0.3, 0.4) is 0 Å². The fourth-order valence-corrected chi connectivity index (χ4v) is 2.39. The molecule has 2 rings (SSSR count). The minimum Gasteiger partial charge on any atom is -0.370 e. The Hall–Kier alpha value is -1.10. The van der Waals surface area contributed by atoms with Gasteiger partial charge in [0.15, 0.2) is 0 Å². The molecular weight excluding hydrogens is 264 g/mol. The van der Waals surface area contributed by atoms with Crippen molar-refractivity contribution in [2.45, 2.75) is 25.4 Å². The van der Waals surface area contributed by atoms with Crippen LogP contribution in [0.15, 0.2) is 24.3 Å². The summed E-state index contributed by atoms with van der Waals surface area (Å²) in [6, 6.07) is 8.07. The number of fused-ring (bicyclic) bond motifs is 1. The molecule has 1 amide bonds. The molecule has 19 heavy (non-hydrogen) atoms. The minimum atomic E-state index is -0.545. The van der Waals surface area contributed by atoms with Gasteiger partial charge in [-0.05, 0) is 30.9 Å². The number of anilines is 1. The minimum absolute atomic E-state index is 0. The molecule has 0 radical (unpaired) electrons. The van der Waals surface area contributed by atoms with Crippen LogP contribution in [0.2, 0.25) is 0 Å². The zero-order valence-corrected chi connectivity index (χ0v) is 12.0. The van der Waals surface area contributed by atoms with Gasteiger partial charge in [0, 0.05) is 25.9 Å². The van der Waals surface area contributed by atoms with Crippen molar-refractivity contribution in [3.63, 3.8) is 0 Å². The SMILES string of the molecule is COC(CN)C(=O)N1CCCCc2ccccc21.Cl. The van der Waals surface area contributed by atoms with E-state index in [1.54, 1.807) is 0 Å². The van der Waals surface area contributed by atoms with E-state index in [-0.39, 0.29) is 24.9 Å². The van der Waals surface area contributed by atoms with Gasteiger partial charge < -0.3 is 15.4 Å². The van der Waals surface area contributed by atoms with Gasteiger partial charge in [-0.25, -0.2) is 0 Å². The zero-order valence-electron chi connectivity index (χ0n) is 11.2. The first-order valence-corrected chi connectivity index (χ1v) is 6.40. The molecule has 0 fully saturated rings. The molecular formula is C14H21ClN2O2. The Kier molecular flexibility index (Phi) is 6.28. The van der Waals surface area contributed by atoms with Crippen molar-refractivity contribution >= 4 is 24.0 Å². The standard InChI is InChI=1S/C14H20N2O2.ClH/c1-18-13(10-15)14(17)16-9-5-4-7-11-6-2-3-8-12(11)16;/h2-3,6,8,13H,4-5,7,9-10,15H2,1H3;1H. The van der Waals surface area contributed by atoms with E-state index in [9.17, 15) is 4.79 Å². The number of carbonyl (C=O) groups excluding carboxylic acids is 1. The van der Waals surface area contributed by atoms with Gasteiger partial charge in [0.1, 0.15) is 6.10 Å². The second-order valence-corrected chi connectivity index (χ2v) is 4.54. The third kappa shape index (κ3) is 3.47. The third-order valence-corrected chi connectivity index (χ3v) is 3.40. The summed E-state index contributed by atoms with van der Waals surface area (Å²) < 4.78 is 5.15. The summed E-state index contributed by atoms with van der Waals surface area (Å²) in [5, 5.41) is 0. The number of ether oxygens (including phenoxy) is 1. The van der Waals surface area contributed by atoms with Crippen LogP contribution in [-0.4, -0.2) is 32.2 Å². The Bertz CT molecular complexity index is 422. The van der Waals surface area contributed by atoms with Crippen LogP contribution in [0.4, 0.5) is 5.69 Å². The number of rotatable bonds is 3. The van der Waals surface area contributed by atoms with Crippen molar-refractivity contribution in [2.24, 2.45) is 5.73 Å². The maximum Gasteiger partial charge on any atom is 0.257 e. The number of amides is 1. The predicted molar refractivity (Wildman–Crippen MR) is 78.8 cm³/mol. The van der Waals surface area contributed by atoms with Gasteiger partial charge >= 0.3 is 0 Å². The number of methoxy groups -OCH3 is 1. The molecule has 1 aromatic rings. The number of aryl methyl sites for hydroxylation is 1. The molecule has 2 N–H and O–H groups in total. The molecule has 1 unspecified atom stereocenters. The molecule has 1 aliphatic rings. The smallest absolute Gasteiger partial charge is 0.257 e. The zero-order chi connectivity index (χ0) is 13.0. The quantitative estimate of drug-likeness (QED) is 0.920. The Balaban J connectivity index is 0.00000180. The molecule has 1 aliphatic heterocycles. The average Bonchev–Trinajstić information content (AvgIpc) is 2.62. The second-order valence-electron chi connectivity index (χ2n) is 4.54. The molecule has 5 heteroatoms. The lowest BCUT2D eigenvalue weighted by Crippen LogP contribution is -2.44. The average molecular weight is 285 g/mol. The second kappa shape index (κ2) is 7.48. The summed E-state index contributed by atoms with van der Waals surface area (Å²) >= 11 is 0. The van der Waals surface area contributed by atoms with Crippen LogP contribution in [0, 0.1) is 0 Å². The number of benzene rings is 1. The highest BCUT2D eigenvalue weighted by Crippen LogP contribution is 2.26. The van der Waals surface area contributed by atoms with Crippen LogP contribution >= 0.6 is 12.4 Å². The highest BCUT2D eigenvalue weighted by Gasteiger charge is 2.26.